The molecule has 0 saturated carbocycles. The highest BCUT2D eigenvalue weighted by Gasteiger charge is 2.16. The molecule has 0 aliphatic heterocycles. The number of rotatable bonds is 7. The molecule has 6 nitrogen and oxygen atoms in total. The first-order chi connectivity index (χ1) is 12.0. The fraction of sp³-hybridized carbons (Fsp3) is 0.600. The maximum absolute atomic E-state index is 11.7. The molecule has 6 heteroatoms. The Kier molecular flexibility index (Phi) is 7.93. The summed E-state index contributed by atoms with van der Waals surface area (Å²) >= 11 is 0. The van der Waals surface area contributed by atoms with Crippen molar-refractivity contribution in [2.75, 3.05) is 19.7 Å². The largest absolute Gasteiger partial charge is 0.492 e. The number of alkyl carbamates (subject to hydrolysis) is 1. The fourth-order valence-corrected chi connectivity index (χ4v) is 2.09. The Balaban J connectivity index is 2.17. The van der Waals surface area contributed by atoms with Crippen LogP contribution in [0.4, 0.5) is 4.79 Å². The first kappa shape index (κ1) is 21.8. The Morgan fingerprint density at radius 1 is 0.923 bits per heavy atom. The number of benzene rings is 1. The maximum Gasteiger partial charge on any atom is 0.407 e. The molecule has 0 atom stereocenters. The zero-order valence-electron chi connectivity index (χ0n) is 16.8. The Hall–Kier alpha value is -2.24. The van der Waals surface area contributed by atoms with Gasteiger partial charge in [0.2, 0.25) is 5.91 Å². The summed E-state index contributed by atoms with van der Waals surface area (Å²) in [7, 11) is 0. The summed E-state index contributed by atoms with van der Waals surface area (Å²) in [5.41, 5.74) is 0.810. The van der Waals surface area contributed by atoms with Gasteiger partial charge in [0.25, 0.3) is 0 Å². The molecule has 2 amide bonds. The number of hydrogen-bond donors (Lipinski definition) is 2. The molecule has 0 aliphatic rings. The van der Waals surface area contributed by atoms with Crippen LogP contribution < -0.4 is 15.4 Å². The smallest absolute Gasteiger partial charge is 0.407 e. The van der Waals surface area contributed by atoms with E-state index in [2.05, 4.69) is 43.5 Å². The second-order valence-corrected chi connectivity index (χ2v) is 8.15. The van der Waals surface area contributed by atoms with Gasteiger partial charge in [-0.3, -0.25) is 4.79 Å². The van der Waals surface area contributed by atoms with E-state index in [1.165, 1.54) is 5.56 Å². The first-order valence-electron chi connectivity index (χ1n) is 8.94. The van der Waals surface area contributed by atoms with Crippen molar-refractivity contribution >= 4 is 12.0 Å². The highest BCUT2D eigenvalue weighted by atomic mass is 16.6. The summed E-state index contributed by atoms with van der Waals surface area (Å²) in [6.07, 6.45) is -0.327. The number of nitrogens with one attached hydrogen (secondary N) is 2. The third-order valence-corrected chi connectivity index (χ3v) is 3.43. The van der Waals surface area contributed by atoms with Crippen LogP contribution in [0.1, 0.15) is 53.5 Å². The van der Waals surface area contributed by atoms with Gasteiger partial charge in [-0.15, -0.1) is 0 Å². The minimum absolute atomic E-state index is 0.111. The predicted molar refractivity (Wildman–Crippen MR) is 103 cm³/mol. The lowest BCUT2D eigenvalue weighted by Crippen LogP contribution is -2.35. The van der Waals surface area contributed by atoms with Gasteiger partial charge in [-0.25, -0.2) is 4.79 Å². The summed E-state index contributed by atoms with van der Waals surface area (Å²) in [5.74, 6) is 0.631. The van der Waals surface area contributed by atoms with Crippen LogP contribution in [0.15, 0.2) is 24.3 Å². The standard InChI is InChI=1S/C20H32N2O4/c1-19(2,3)15-7-9-16(10-8-15)25-14-13-21-17(23)11-12-22-18(24)26-20(4,5)6/h7-10H,11-14H2,1-6H3,(H,21,23)(H,22,24). The summed E-state index contributed by atoms with van der Waals surface area (Å²) in [4.78, 5) is 23.2. The van der Waals surface area contributed by atoms with E-state index in [1.807, 2.05) is 12.1 Å². The van der Waals surface area contributed by atoms with Crippen LogP contribution in [0.25, 0.3) is 0 Å². The molecule has 146 valence electrons. The summed E-state index contributed by atoms with van der Waals surface area (Å²) in [6, 6.07) is 7.98. The van der Waals surface area contributed by atoms with Crippen molar-refractivity contribution in [1.29, 1.82) is 0 Å². The normalized spacial score (nSPS) is 11.6. The summed E-state index contributed by atoms with van der Waals surface area (Å²) in [5, 5.41) is 5.30. The Labute approximate surface area is 156 Å². The minimum Gasteiger partial charge on any atom is -0.492 e. The van der Waals surface area contributed by atoms with Crippen molar-refractivity contribution in [2.45, 2.75) is 59.0 Å². The predicted octanol–water partition coefficient (Wildman–Crippen LogP) is 3.39. The lowest BCUT2D eigenvalue weighted by Gasteiger charge is -2.19. The van der Waals surface area contributed by atoms with Crippen LogP contribution in [0.5, 0.6) is 5.75 Å². The molecule has 2 N–H and O–H groups in total. The maximum atomic E-state index is 11.7. The number of hydrogen-bond acceptors (Lipinski definition) is 4. The highest BCUT2D eigenvalue weighted by Crippen LogP contribution is 2.24. The molecule has 0 bridgehead atoms. The molecule has 0 heterocycles. The lowest BCUT2D eigenvalue weighted by atomic mass is 9.87. The van der Waals surface area contributed by atoms with E-state index in [0.29, 0.717) is 13.2 Å². The van der Waals surface area contributed by atoms with Crippen molar-refractivity contribution in [3.63, 3.8) is 0 Å². The zero-order chi connectivity index (χ0) is 19.8. The molecule has 0 aromatic heterocycles. The van der Waals surface area contributed by atoms with Crippen LogP contribution in [0, 0.1) is 0 Å². The molecular formula is C20H32N2O4. The molecule has 0 fully saturated rings. The SMILES string of the molecule is CC(C)(C)OC(=O)NCCC(=O)NCCOc1ccc(C(C)(C)C)cc1. The molecule has 0 spiro atoms. The van der Waals surface area contributed by atoms with Gasteiger partial charge >= 0.3 is 6.09 Å². The van der Waals surface area contributed by atoms with Crippen LogP contribution in [0.3, 0.4) is 0 Å². The Bertz CT molecular complexity index is 583. The molecule has 0 saturated heterocycles. The molecule has 0 radical (unpaired) electrons. The monoisotopic (exact) mass is 364 g/mol. The van der Waals surface area contributed by atoms with Crippen LogP contribution in [0.2, 0.25) is 0 Å². The molecule has 0 aliphatic carbocycles. The molecular weight excluding hydrogens is 332 g/mol. The van der Waals surface area contributed by atoms with Gasteiger partial charge < -0.3 is 20.1 Å². The van der Waals surface area contributed by atoms with Crippen LogP contribution >= 0.6 is 0 Å². The molecule has 26 heavy (non-hydrogen) atoms. The molecule has 1 rings (SSSR count). The second kappa shape index (κ2) is 9.46. The van der Waals surface area contributed by atoms with Crippen molar-refractivity contribution in [1.82, 2.24) is 10.6 Å². The van der Waals surface area contributed by atoms with Crippen molar-refractivity contribution in [3.8, 4) is 5.75 Å². The van der Waals surface area contributed by atoms with E-state index in [1.54, 1.807) is 20.8 Å². The van der Waals surface area contributed by atoms with Gasteiger partial charge in [0.05, 0.1) is 6.54 Å². The Morgan fingerprint density at radius 2 is 1.54 bits per heavy atom. The van der Waals surface area contributed by atoms with E-state index in [9.17, 15) is 9.59 Å². The summed E-state index contributed by atoms with van der Waals surface area (Å²) < 4.78 is 10.7. The van der Waals surface area contributed by atoms with Crippen LogP contribution in [-0.4, -0.2) is 37.3 Å². The van der Waals surface area contributed by atoms with Gasteiger partial charge in [0, 0.05) is 13.0 Å². The third-order valence-electron chi connectivity index (χ3n) is 3.43. The van der Waals surface area contributed by atoms with E-state index in [0.717, 1.165) is 5.75 Å². The quantitative estimate of drug-likeness (QED) is 0.727. The van der Waals surface area contributed by atoms with E-state index >= 15 is 0 Å². The van der Waals surface area contributed by atoms with Gasteiger partial charge in [0.1, 0.15) is 18.0 Å². The molecule has 1 aromatic carbocycles. The number of carbonyl (C=O) groups excluding carboxylic acids is 2. The minimum atomic E-state index is -0.547. The average Bonchev–Trinajstić information content (AvgIpc) is 2.49. The number of carbonyl (C=O) groups is 2. The third kappa shape index (κ3) is 9.30. The second-order valence-electron chi connectivity index (χ2n) is 8.15. The Morgan fingerprint density at radius 3 is 2.08 bits per heavy atom. The number of amides is 2. The van der Waals surface area contributed by atoms with Crippen molar-refractivity contribution in [3.05, 3.63) is 29.8 Å². The zero-order valence-corrected chi connectivity index (χ0v) is 16.8. The van der Waals surface area contributed by atoms with Crippen molar-refractivity contribution in [2.24, 2.45) is 0 Å². The van der Waals surface area contributed by atoms with E-state index < -0.39 is 11.7 Å². The fourth-order valence-electron chi connectivity index (χ4n) is 2.09. The molecule has 1 aromatic rings. The van der Waals surface area contributed by atoms with E-state index in [4.69, 9.17) is 9.47 Å². The van der Waals surface area contributed by atoms with Gasteiger partial charge in [-0.1, -0.05) is 32.9 Å². The lowest BCUT2D eigenvalue weighted by molar-refractivity contribution is -0.121. The summed E-state index contributed by atoms with van der Waals surface area (Å²) in [6.45, 7) is 12.9. The van der Waals surface area contributed by atoms with Gasteiger partial charge in [-0.05, 0) is 43.9 Å². The molecule has 0 unspecified atom stereocenters. The van der Waals surface area contributed by atoms with E-state index in [-0.39, 0.29) is 24.3 Å². The highest BCUT2D eigenvalue weighted by molar-refractivity contribution is 5.77. The first-order valence-corrected chi connectivity index (χ1v) is 8.94. The average molecular weight is 364 g/mol. The topological polar surface area (TPSA) is 76.7 Å². The van der Waals surface area contributed by atoms with Crippen LogP contribution in [-0.2, 0) is 14.9 Å². The number of ether oxygens (including phenoxy) is 2. The van der Waals surface area contributed by atoms with Crippen molar-refractivity contribution < 1.29 is 19.1 Å². The van der Waals surface area contributed by atoms with Gasteiger partial charge in [-0.2, -0.15) is 0 Å². The van der Waals surface area contributed by atoms with Gasteiger partial charge in [0.15, 0.2) is 0 Å².